The number of carbonyl (C=O) groups excluding carboxylic acids is 2. The van der Waals surface area contributed by atoms with Crippen molar-refractivity contribution in [2.24, 2.45) is 5.92 Å². The van der Waals surface area contributed by atoms with Gasteiger partial charge in [0, 0.05) is 25.8 Å². The van der Waals surface area contributed by atoms with Crippen molar-refractivity contribution in [2.45, 2.75) is 33.4 Å². The molecule has 0 saturated carbocycles. The standard InChI is InChI=1S/C16H23N3O3/c1-11(2)9-18-6-7-19(12(3)15(18)21)16(22)14-8-13(10-20)4-5-17-14/h4-5,8,11-12,20H,6-7,9-10H2,1-3H3/t12-/m1/s1. The number of aliphatic hydroxyl groups excluding tert-OH is 1. The molecule has 2 rings (SSSR count). The summed E-state index contributed by atoms with van der Waals surface area (Å²) in [5.41, 5.74) is 0.902. The van der Waals surface area contributed by atoms with Gasteiger partial charge in [0.2, 0.25) is 5.91 Å². The van der Waals surface area contributed by atoms with Gasteiger partial charge in [-0.25, -0.2) is 0 Å². The highest BCUT2D eigenvalue weighted by Gasteiger charge is 2.35. The molecule has 1 aromatic rings. The zero-order valence-electron chi connectivity index (χ0n) is 13.3. The Balaban J connectivity index is 2.13. The molecule has 1 atom stereocenters. The minimum Gasteiger partial charge on any atom is -0.392 e. The highest BCUT2D eigenvalue weighted by atomic mass is 16.3. The molecule has 6 heteroatoms. The van der Waals surface area contributed by atoms with Crippen LogP contribution in [0.2, 0.25) is 0 Å². The number of amides is 2. The number of aliphatic hydroxyl groups is 1. The fraction of sp³-hybridized carbons (Fsp3) is 0.562. The molecule has 1 aromatic heterocycles. The summed E-state index contributed by atoms with van der Waals surface area (Å²) in [5, 5.41) is 9.15. The summed E-state index contributed by atoms with van der Waals surface area (Å²) in [7, 11) is 0. The maximum Gasteiger partial charge on any atom is 0.273 e. The van der Waals surface area contributed by atoms with Gasteiger partial charge in [0.05, 0.1) is 6.61 Å². The van der Waals surface area contributed by atoms with Crippen molar-refractivity contribution in [3.05, 3.63) is 29.6 Å². The number of aromatic nitrogens is 1. The molecule has 0 aromatic carbocycles. The fourth-order valence-corrected chi connectivity index (χ4v) is 2.67. The third-order valence-corrected chi connectivity index (χ3v) is 3.82. The quantitative estimate of drug-likeness (QED) is 0.897. The van der Waals surface area contributed by atoms with E-state index in [1.54, 1.807) is 24.0 Å². The van der Waals surface area contributed by atoms with Crippen molar-refractivity contribution in [1.29, 1.82) is 0 Å². The summed E-state index contributed by atoms with van der Waals surface area (Å²) in [6.45, 7) is 7.52. The lowest BCUT2D eigenvalue weighted by Crippen LogP contribution is -2.58. The summed E-state index contributed by atoms with van der Waals surface area (Å²) >= 11 is 0. The predicted molar refractivity (Wildman–Crippen MR) is 82.1 cm³/mol. The van der Waals surface area contributed by atoms with Gasteiger partial charge in [-0.3, -0.25) is 14.6 Å². The first-order chi connectivity index (χ1) is 10.4. The van der Waals surface area contributed by atoms with Crippen LogP contribution in [0.15, 0.2) is 18.3 Å². The van der Waals surface area contributed by atoms with Crippen LogP contribution in [-0.2, 0) is 11.4 Å². The van der Waals surface area contributed by atoms with Crippen LogP contribution < -0.4 is 0 Å². The number of hydrogen-bond donors (Lipinski definition) is 1. The Hall–Kier alpha value is -1.95. The topological polar surface area (TPSA) is 73.7 Å². The second-order valence-corrected chi connectivity index (χ2v) is 6.06. The van der Waals surface area contributed by atoms with Crippen LogP contribution in [0.4, 0.5) is 0 Å². The molecule has 0 unspecified atom stereocenters. The van der Waals surface area contributed by atoms with Gasteiger partial charge in [0.25, 0.3) is 5.91 Å². The first-order valence-corrected chi connectivity index (χ1v) is 7.59. The summed E-state index contributed by atoms with van der Waals surface area (Å²) in [6.07, 6.45) is 1.50. The lowest BCUT2D eigenvalue weighted by Gasteiger charge is -2.39. The molecule has 22 heavy (non-hydrogen) atoms. The molecule has 1 aliphatic rings. The molecule has 6 nitrogen and oxygen atoms in total. The van der Waals surface area contributed by atoms with Gasteiger partial charge >= 0.3 is 0 Å². The Kier molecular flexibility index (Phi) is 5.13. The number of piperazine rings is 1. The van der Waals surface area contributed by atoms with Crippen molar-refractivity contribution in [2.75, 3.05) is 19.6 Å². The molecule has 2 heterocycles. The van der Waals surface area contributed by atoms with Crippen LogP contribution in [0.3, 0.4) is 0 Å². The molecule has 2 amide bonds. The van der Waals surface area contributed by atoms with Gasteiger partial charge in [0.15, 0.2) is 0 Å². The Bertz CT molecular complexity index is 559. The molecular formula is C16H23N3O3. The van der Waals surface area contributed by atoms with Gasteiger partial charge in [-0.1, -0.05) is 13.8 Å². The predicted octanol–water partition coefficient (Wildman–Crippen LogP) is 0.903. The minimum absolute atomic E-state index is 0.0217. The maximum absolute atomic E-state index is 12.6. The zero-order chi connectivity index (χ0) is 16.3. The fourth-order valence-electron chi connectivity index (χ4n) is 2.67. The number of rotatable bonds is 4. The SMILES string of the molecule is CC(C)CN1CCN(C(=O)c2cc(CO)ccn2)[C@H](C)C1=O. The molecule has 1 saturated heterocycles. The van der Waals surface area contributed by atoms with Gasteiger partial charge in [-0.2, -0.15) is 0 Å². The molecule has 1 N–H and O–H groups in total. The van der Waals surface area contributed by atoms with E-state index in [9.17, 15) is 9.59 Å². The van der Waals surface area contributed by atoms with Gasteiger partial charge in [-0.05, 0) is 30.5 Å². The normalized spacial score (nSPS) is 19.0. The Morgan fingerprint density at radius 1 is 1.45 bits per heavy atom. The van der Waals surface area contributed by atoms with E-state index in [1.807, 2.05) is 4.90 Å². The molecular weight excluding hydrogens is 282 g/mol. The van der Waals surface area contributed by atoms with Crippen LogP contribution in [0.25, 0.3) is 0 Å². The van der Waals surface area contributed by atoms with Crippen LogP contribution >= 0.6 is 0 Å². The minimum atomic E-state index is -0.486. The van der Waals surface area contributed by atoms with Crippen molar-refractivity contribution in [3.63, 3.8) is 0 Å². The molecule has 1 fully saturated rings. The highest BCUT2D eigenvalue weighted by Crippen LogP contribution is 2.16. The lowest BCUT2D eigenvalue weighted by atomic mass is 10.1. The van der Waals surface area contributed by atoms with E-state index in [2.05, 4.69) is 18.8 Å². The molecule has 0 spiro atoms. The summed E-state index contributed by atoms with van der Waals surface area (Å²) in [6, 6.07) is 2.74. The van der Waals surface area contributed by atoms with E-state index < -0.39 is 6.04 Å². The van der Waals surface area contributed by atoms with E-state index in [4.69, 9.17) is 5.11 Å². The first kappa shape index (κ1) is 16.4. The average Bonchev–Trinajstić information content (AvgIpc) is 2.51. The second kappa shape index (κ2) is 6.87. The van der Waals surface area contributed by atoms with Crippen LogP contribution in [0.5, 0.6) is 0 Å². The Morgan fingerprint density at radius 3 is 2.82 bits per heavy atom. The first-order valence-electron chi connectivity index (χ1n) is 7.59. The van der Waals surface area contributed by atoms with Gasteiger partial charge in [0.1, 0.15) is 11.7 Å². The smallest absolute Gasteiger partial charge is 0.273 e. The third kappa shape index (κ3) is 3.44. The summed E-state index contributed by atoms with van der Waals surface area (Å²) in [5.74, 6) is 0.119. The zero-order valence-corrected chi connectivity index (χ0v) is 13.3. The second-order valence-electron chi connectivity index (χ2n) is 6.06. The van der Waals surface area contributed by atoms with E-state index >= 15 is 0 Å². The number of pyridine rings is 1. The van der Waals surface area contributed by atoms with Gasteiger partial charge in [-0.15, -0.1) is 0 Å². The van der Waals surface area contributed by atoms with Crippen molar-refractivity contribution >= 4 is 11.8 Å². The molecule has 120 valence electrons. The largest absolute Gasteiger partial charge is 0.392 e. The van der Waals surface area contributed by atoms with Crippen LogP contribution in [0.1, 0.15) is 36.8 Å². The third-order valence-electron chi connectivity index (χ3n) is 3.82. The van der Waals surface area contributed by atoms with Crippen LogP contribution in [0, 0.1) is 5.92 Å². The van der Waals surface area contributed by atoms with E-state index in [1.165, 1.54) is 6.20 Å². The summed E-state index contributed by atoms with van der Waals surface area (Å²) < 4.78 is 0. The number of carbonyl (C=O) groups is 2. The van der Waals surface area contributed by atoms with E-state index in [0.29, 0.717) is 31.1 Å². The van der Waals surface area contributed by atoms with E-state index in [0.717, 1.165) is 0 Å². The van der Waals surface area contributed by atoms with Crippen molar-refractivity contribution in [1.82, 2.24) is 14.8 Å². The van der Waals surface area contributed by atoms with Crippen LogP contribution in [-0.4, -0.2) is 57.4 Å². The van der Waals surface area contributed by atoms with Gasteiger partial charge < -0.3 is 14.9 Å². The molecule has 0 radical (unpaired) electrons. The molecule has 1 aliphatic heterocycles. The summed E-state index contributed by atoms with van der Waals surface area (Å²) in [4.78, 5) is 32.4. The lowest BCUT2D eigenvalue weighted by molar-refractivity contribution is -0.140. The van der Waals surface area contributed by atoms with Crippen molar-refractivity contribution in [3.8, 4) is 0 Å². The molecule has 0 aliphatic carbocycles. The highest BCUT2D eigenvalue weighted by molar-refractivity contribution is 5.96. The Labute approximate surface area is 130 Å². The van der Waals surface area contributed by atoms with Crippen molar-refractivity contribution < 1.29 is 14.7 Å². The number of nitrogens with zero attached hydrogens (tertiary/aromatic N) is 3. The van der Waals surface area contributed by atoms with E-state index in [-0.39, 0.29) is 24.1 Å². The average molecular weight is 305 g/mol. The monoisotopic (exact) mass is 305 g/mol. The number of hydrogen-bond acceptors (Lipinski definition) is 4. The molecule has 0 bridgehead atoms. The Morgan fingerprint density at radius 2 is 2.18 bits per heavy atom. The maximum atomic E-state index is 12.6.